The highest BCUT2D eigenvalue weighted by atomic mass is 19.3. The van der Waals surface area contributed by atoms with Crippen LogP contribution in [0, 0.1) is 10.1 Å². The van der Waals surface area contributed by atoms with Crippen LogP contribution in [0.15, 0.2) is 10.9 Å². The van der Waals surface area contributed by atoms with Crippen LogP contribution in [-0.4, -0.2) is 21.0 Å². The molecule has 9 heteroatoms. The fraction of sp³-hybridized carbons (Fsp3) is 0.143. The van der Waals surface area contributed by atoms with Gasteiger partial charge in [-0.05, 0) is 6.07 Å². The van der Waals surface area contributed by atoms with Crippen molar-refractivity contribution in [1.82, 2.24) is 4.98 Å². The van der Waals surface area contributed by atoms with Gasteiger partial charge in [-0.25, -0.2) is 13.6 Å². The number of nitro groups is 1. The molecule has 0 fully saturated rings. The molecule has 0 saturated carbocycles. The van der Waals surface area contributed by atoms with Crippen molar-refractivity contribution in [3.63, 3.8) is 0 Å². The first-order chi connectivity index (χ1) is 7.34. The molecule has 1 aromatic rings. The molecule has 0 aliphatic rings. The molecule has 86 valence electrons. The van der Waals surface area contributed by atoms with Gasteiger partial charge in [-0.15, -0.1) is 0 Å². The average molecular weight is 234 g/mol. The Kier molecular flexibility index (Phi) is 2.97. The van der Waals surface area contributed by atoms with Gasteiger partial charge >= 0.3 is 17.2 Å². The molecule has 2 N–H and O–H groups in total. The molecule has 0 spiro atoms. The van der Waals surface area contributed by atoms with E-state index < -0.39 is 39.8 Å². The molecule has 0 aromatic carbocycles. The number of carbonyl (C=O) groups is 1. The molecule has 1 rings (SSSR count). The summed E-state index contributed by atoms with van der Waals surface area (Å²) in [7, 11) is 0. The lowest BCUT2D eigenvalue weighted by Crippen LogP contribution is -2.18. The summed E-state index contributed by atoms with van der Waals surface area (Å²) in [6.45, 7) is 0. The zero-order chi connectivity index (χ0) is 12.5. The van der Waals surface area contributed by atoms with E-state index in [0.29, 0.717) is 6.07 Å². The number of alkyl halides is 2. The van der Waals surface area contributed by atoms with E-state index in [2.05, 4.69) is 0 Å². The molecule has 1 aromatic heterocycles. The third-order valence-corrected chi connectivity index (χ3v) is 1.68. The van der Waals surface area contributed by atoms with Crippen molar-refractivity contribution < 1.29 is 23.6 Å². The number of nitrogens with zero attached hydrogens (tertiary/aromatic N) is 1. The number of hydrogen-bond donors (Lipinski definition) is 2. The number of carboxylic acid groups (broad SMARTS) is 1. The zero-order valence-electron chi connectivity index (χ0n) is 7.44. The third-order valence-electron chi connectivity index (χ3n) is 1.68. The number of H-pyrrole nitrogens is 1. The van der Waals surface area contributed by atoms with Crippen molar-refractivity contribution in [2.75, 3.05) is 0 Å². The van der Waals surface area contributed by atoms with Crippen molar-refractivity contribution in [2.24, 2.45) is 0 Å². The minimum atomic E-state index is -3.30. The molecule has 0 bridgehead atoms. The number of rotatable bonds is 3. The summed E-state index contributed by atoms with van der Waals surface area (Å²) in [5, 5.41) is 18.8. The SMILES string of the molecule is O=C(O)c1cc(C(F)F)c([N+](=O)[O-])c(=O)[nH]1. The van der Waals surface area contributed by atoms with Gasteiger partial charge in [-0.1, -0.05) is 0 Å². The van der Waals surface area contributed by atoms with Crippen LogP contribution in [0.2, 0.25) is 0 Å². The Hall–Kier alpha value is -2.32. The van der Waals surface area contributed by atoms with Gasteiger partial charge in [0.15, 0.2) is 0 Å². The predicted molar refractivity (Wildman–Crippen MR) is 45.6 cm³/mol. The van der Waals surface area contributed by atoms with Crippen LogP contribution < -0.4 is 5.56 Å². The second-order valence-corrected chi connectivity index (χ2v) is 2.68. The van der Waals surface area contributed by atoms with Crippen LogP contribution in [0.1, 0.15) is 22.5 Å². The molecule has 0 amide bonds. The summed E-state index contributed by atoms with van der Waals surface area (Å²) in [6.07, 6.45) is -3.30. The zero-order valence-corrected chi connectivity index (χ0v) is 7.44. The first-order valence-corrected chi connectivity index (χ1v) is 3.77. The fourth-order valence-corrected chi connectivity index (χ4v) is 1.04. The van der Waals surface area contributed by atoms with E-state index in [1.165, 1.54) is 0 Å². The molecule has 0 atom stereocenters. The van der Waals surface area contributed by atoms with Gasteiger partial charge in [0, 0.05) is 0 Å². The number of hydrogen-bond acceptors (Lipinski definition) is 4. The second kappa shape index (κ2) is 4.04. The molecule has 16 heavy (non-hydrogen) atoms. The fourth-order valence-electron chi connectivity index (χ4n) is 1.04. The molecule has 1 heterocycles. The summed E-state index contributed by atoms with van der Waals surface area (Å²) < 4.78 is 24.7. The quantitative estimate of drug-likeness (QED) is 0.596. The van der Waals surface area contributed by atoms with Crippen molar-refractivity contribution in [2.45, 2.75) is 6.43 Å². The molecular formula is C7H4F2N2O5. The van der Waals surface area contributed by atoms with E-state index in [-0.39, 0.29) is 0 Å². The molecule has 7 nitrogen and oxygen atoms in total. The Bertz CT molecular complexity index is 510. The smallest absolute Gasteiger partial charge is 0.352 e. The molecular weight excluding hydrogens is 230 g/mol. The first kappa shape index (κ1) is 11.8. The summed E-state index contributed by atoms with van der Waals surface area (Å²) in [5.41, 5.74) is -4.86. The Morgan fingerprint density at radius 3 is 2.50 bits per heavy atom. The Morgan fingerprint density at radius 1 is 1.56 bits per heavy atom. The molecule has 0 radical (unpaired) electrons. The van der Waals surface area contributed by atoms with Crippen LogP contribution in [0.5, 0.6) is 0 Å². The van der Waals surface area contributed by atoms with E-state index in [0.717, 1.165) is 0 Å². The largest absolute Gasteiger partial charge is 0.477 e. The number of halogens is 2. The highest BCUT2D eigenvalue weighted by Gasteiger charge is 2.27. The van der Waals surface area contributed by atoms with Crippen LogP contribution in [0.4, 0.5) is 14.5 Å². The summed E-state index contributed by atoms with van der Waals surface area (Å²) in [5.74, 6) is -1.66. The Balaban J connectivity index is 3.58. The van der Waals surface area contributed by atoms with E-state index in [4.69, 9.17) is 5.11 Å². The van der Waals surface area contributed by atoms with Crippen molar-refractivity contribution in [1.29, 1.82) is 0 Å². The Morgan fingerprint density at radius 2 is 2.12 bits per heavy atom. The normalized spacial score (nSPS) is 10.4. The molecule has 0 aliphatic heterocycles. The van der Waals surface area contributed by atoms with Crippen LogP contribution >= 0.6 is 0 Å². The van der Waals surface area contributed by atoms with Gasteiger partial charge in [0.25, 0.3) is 6.43 Å². The molecule has 0 saturated heterocycles. The molecule has 0 aliphatic carbocycles. The molecule has 0 unspecified atom stereocenters. The van der Waals surface area contributed by atoms with E-state index in [1.54, 1.807) is 4.98 Å². The summed E-state index contributed by atoms with van der Waals surface area (Å²) in [6, 6.07) is 0.368. The second-order valence-electron chi connectivity index (χ2n) is 2.68. The number of aromatic nitrogens is 1. The lowest BCUT2D eigenvalue weighted by molar-refractivity contribution is -0.387. The first-order valence-electron chi connectivity index (χ1n) is 3.77. The van der Waals surface area contributed by atoms with Crippen molar-refractivity contribution >= 4 is 11.7 Å². The summed E-state index contributed by atoms with van der Waals surface area (Å²) in [4.78, 5) is 32.1. The lowest BCUT2D eigenvalue weighted by Gasteiger charge is -2.02. The number of carboxylic acids is 1. The maximum absolute atomic E-state index is 12.4. The average Bonchev–Trinajstić information content (AvgIpc) is 2.15. The maximum Gasteiger partial charge on any atom is 0.352 e. The van der Waals surface area contributed by atoms with E-state index >= 15 is 0 Å². The van der Waals surface area contributed by atoms with Gasteiger partial charge in [0.05, 0.1) is 4.92 Å². The minimum Gasteiger partial charge on any atom is -0.477 e. The van der Waals surface area contributed by atoms with Crippen molar-refractivity contribution in [3.05, 3.63) is 37.8 Å². The predicted octanol–water partition coefficient (Wildman–Crippen LogP) is 0.919. The van der Waals surface area contributed by atoms with Gasteiger partial charge < -0.3 is 10.1 Å². The van der Waals surface area contributed by atoms with Crippen LogP contribution in [-0.2, 0) is 0 Å². The topological polar surface area (TPSA) is 113 Å². The number of nitrogens with one attached hydrogen (secondary N) is 1. The van der Waals surface area contributed by atoms with E-state index in [9.17, 15) is 28.5 Å². The minimum absolute atomic E-state index is 0.368. The number of aromatic amines is 1. The highest BCUT2D eigenvalue weighted by Crippen LogP contribution is 2.25. The Labute approximate surface area is 85.5 Å². The summed E-state index contributed by atoms with van der Waals surface area (Å²) >= 11 is 0. The lowest BCUT2D eigenvalue weighted by atomic mass is 10.2. The third kappa shape index (κ3) is 2.02. The standard InChI is InChI=1S/C7H4F2N2O5/c8-5(9)2-1-3(7(13)14)10-6(12)4(2)11(15)16/h1,5H,(H,10,12)(H,13,14). The van der Waals surface area contributed by atoms with Gasteiger partial charge in [0.2, 0.25) is 0 Å². The van der Waals surface area contributed by atoms with Gasteiger partial charge in [-0.2, -0.15) is 0 Å². The van der Waals surface area contributed by atoms with Crippen LogP contribution in [0.25, 0.3) is 0 Å². The van der Waals surface area contributed by atoms with Crippen LogP contribution in [0.3, 0.4) is 0 Å². The van der Waals surface area contributed by atoms with Gasteiger partial charge in [-0.3, -0.25) is 14.9 Å². The van der Waals surface area contributed by atoms with E-state index in [1.807, 2.05) is 0 Å². The number of pyridine rings is 1. The number of aromatic carboxylic acids is 1. The maximum atomic E-state index is 12.4. The monoisotopic (exact) mass is 234 g/mol. The van der Waals surface area contributed by atoms with Crippen molar-refractivity contribution in [3.8, 4) is 0 Å². The highest BCUT2D eigenvalue weighted by molar-refractivity contribution is 5.85. The van der Waals surface area contributed by atoms with Gasteiger partial charge in [0.1, 0.15) is 11.3 Å².